The van der Waals surface area contributed by atoms with E-state index in [9.17, 15) is 4.39 Å². The number of halogens is 1. The molecular formula is C10H11FN2. The molecule has 0 aromatic heterocycles. The van der Waals surface area contributed by atoms with E-state index in [1.807, 2.05) is 0 Å². The lowest BCUT2D eigenvalue weighted by molar-refractivity contribution is 0.627. The SMILES string of the molecule is CC(C)(C#N)Nc1cccc(F)c1. The van der Waals surface area contributed by atoms with Crippen molar-refractivity contribution < 1.29 is 4.39 Å². The largest absolute Gasteiger partial charge is 0.368 e. The number of nitriles is 1. The molecule has 1 aromatic rings. The van der Waals surface area contributed by atoms with E-state index in [0.29, 0.717) is 5.69 Å². The third kappa shape index (κ3) is 2.75. The van der Waals surface area contributed by atoms with Gasteiger partial charge in [0.15, 0.2) is 0 Å². The molecule has 1 aromatic carbocycles. The Labute approximate surface area is 77.0 Å². The summed E-state index contributed by atoms with van der Waals surface area (Å²) >= 11 is 0. The Morgan fingerprint density at radius 1 is 1.46 bits per heavy atom. The van der Waals surface area contributed by atoms with E-state index in [1.54, 1.807) is 26.0 Å². The fraction of sp³-hybridized carbons (Fsp3) is 0.300. The smallest absolute Gasteiger partial charge is 0.125 e. The van der Waals surface area contributed by atoms with Crippen LogP contribution in [0.1, 0.15) is 13.8 Å². The van der Waals surface area contributed by atoms with Crippen LogP contribution in [-0.4, -0.2) is 5.54 Å². The van der Waals surface area contributed by atoms with Crippen molar-refractivity contribution in [2.75, 3.05) is 5.32 Å². The van der Waals surface area contributed by atoms with Crippen LogP contribution in [0, 0.1) is 17.1 Å². The Kier molecular flexibility index (Phi) is 2.52. The van der Waals surface area contributed by atoms with Gasteiger partial charge in [-0.3, -0.25) is 0 Å². The highest BCUT2D eigenvalue weighted by molar-refractivity contribution is 5.46. The zero-order valence-electron chi connectivity index (χ0n) is 7.63. The van der Waals surface area contributed by atoms with Crippen LogP contribution < -0.4 is 5.32 Å². The summed E-state index contributed by atoms with van der Waals surface area (Å²) in [5.74, 6) is -0.307. The van der Waals surface area contributed by atoms with Crippen molar-refractivity contribution in [3.8, 4) is 6.07 Å². The monoisotopic (exact) mass is 178 g/mol. The van der Waals surface area contributed by atoms with Crippen LogP contribution in [0.2, 0.25) is 0 Å². The number of benzene rings is 1. The first kappa shape index (κ1) is 9.53. The molecule has 0 fully saturated rings. The molecule has 0 aliphatic carbocycles. The van der Waals surface area contributed by atoms with Gasteiger partial charge in [0.2, 0.25) is 0 Å². The van der Waals surface area contributed by atoms with Gasteiger partial charge in [-0.15, -0.1) is 0 Å². The molecule has 0 spiro atoms. The van der Waals surface area contributed by atoms with E-state index in [2.05, 4.69) is 11.4 Å². The molecule has 0 aliphatic rings. The molecule has 13 heavy (non-hydrogen) atoms. The molecule has 0 unspecified atom stereocenters. The van der Waals surface area contributed by atoms with Gasteiger partial charge in [-0.2, -0.15) is 5.26 Å². The summed E-state index contributed by atoms with van der Waals surface area (Å²) in [6, 6.07) is 8.13. The van der Waals surface area contributed by atoms with Gasteiger partial charge in [-0.05, 0) is 32.0 Å². The molecule has 68 valence electrons. The number of hydrogen-bond donors (Lipinski definition) is 1. The number of nitrogens with zero attached hydrogens (tertiary/aromatic N) is 1. The summed E-state index contributed by atoms with van der Waals surface area (Å²) in [6.45, 7) is 3.47. The lowest BCUT2D eigenvalue weighted by atomic mass is 10.1. The summed E-state index contributed by atoms with van der Waals surface area (Å²) in [5.41, 5.74) is -0.0556. The Morgan fingerprint density at radius 2 is 2.15 bits per heavy atom. The van der Waals surface area contributed by atoms with E-state index in [0.717, 1.165) is 0 Å². The molecule has 0 amide bonds. The minimum Gasteiger partial charge on any atom is -0.368 e. The van der Waals surface area contributed by atoms with E-state index in [-0.39, 0.29) is 5.82 Å². The maximum Gasteiger partial charge on any atom is 0.125 e. The molecule has 0 aliphatic heterocycles. The number of anilines is 1. The fourth-order valence-corrected chi connectivity index (χ4v) is 0.955. The van der Waals surface area contributed by atoms with Gasteiger partial charge < -0.3 is 5.32 Å². The van der Waals surface area contributed by atoms with E-state index < -0.39 is 5.54 Å². The highest BCUT2D eigenvalue weighted by Gasteiger charge is 2.15. The summed E-state index contributed by atoms with van der Waals surface area (Å²) in [5, 5.41) is 11.6. The van der Waals surface area contributed by atoms with Crippen molar-refractivity contribution in [1.82, 2.24) is 0 Å². The predicted octanol–water partition coefficient (Wildman–Crippen LogP) is 2.54. The van der Waals surface area contributed by atoms with Crippen molar-refractivity contribution in [3.63, 3.8) is 0 Å². The quantitative estimate of drug-likeness (QED) is 0.755. The Hall–Kier alpha value is -1.56. The van der Waals surface area contributed by atoms with Crippen LogP contribution >= 0.6 is 0 Å². The summed E-state index contributed by atoms with van der Waals surface area (Å²) < 4.78 is 12.7. The zero-order valence-corrected chi connectivity index (χ0v) is 7.63. The average Bonchev–Trinajstić information content (AvgIpc) is 2.03. The van der Waals surface area contributed by atoms with Crippen molar-refractivity contribution in [2.45, 2.75) is 19.4 Å². The first-order valence-electron chi connectivity index (χ1n) is 3.98. The Balaban J connectivity index is 2.82. The molecule has 1 rings (SSSR count). The van der Waals surface area contributed by atoms with Crippen molar-refractivity contribution >= 4 is 5.69 Å². The first-order chi connectivity index (χ1) is 6.03. The number of nitrogens with one attached hydrogen (secondary N) is 1. The second-order valence-electron chi connectivity index (χ2n) is 3.37. The highest BCUT2D eigenvalue weighted by atomic mass is 19.1. The van der Waals surface area contributed by atoms with Crippen LogP contribution in [-0.2, 0) is 0 Å². The zero-order chi connectivity index (χ0) is 9.90. The summed E-state index contributed by atoms with van der Waals surface area (Å²) in [4.78, 5) is 0. The first-order valence-corrected chi connectivity index (χ1v) is 3.98. The maximum atomic E-state index is 12.7. The highest BCUT2D eigenvalue weighted by Crippen LogP contribution is 2.14. The minimum absolute atomic E-state index is 0.307. The van der Waals surface area contributed by atoms with Gasteiger partial charge in [-0.25, -0.2) is 4.39 Å². The Morgan fingerprint density at radius 3 is 2.69 bits per heavy atom. The van der Waals surface area contributed by atoms with E-state index in [1.165, 1.54) is 12.1 Å². The molecule has 2 nitrogen and oxygen atoms in total. The lowest BCUT2D eigenvalue weighted by Crippen LogP contribution is -2.28. The summed E-state index contributed by atoms with van der Waals surface area (Å²) in [6.07, 6.45) is 0. The molecule has 0 atom stereocenters. The third-order valence-corrected chi connectivity index (χ3v) is 1.56. The molecule has 0 saturated carbocycles. The van der Waals surface area contributed by atoms with Gasteiger partial charge in [-0.1, -0.05) is 6.07 Å². The second kappa shape index (κ2) is 3.44. The third-order valence-electron chi connectivity index (χ3n) is 1.56. The van der Waals surface area contributed by atoms with Gasteiger partial charge in [0.1, 0.15) is 11.4 Å². The minimum atomic E-state index is -0.673. The molecule has 0 radical (unpaired) electrons. The number of hydrogen-bond acceptors (Lipinski definition) is 2. The van der Waals surface area contributed by atoms with Crippen molar-refractivity contribution in [3.05, 3.63) is 30.1 Å². The standard InChI is InChI=1S/C10H11FN2/c1-10(2,7-12)13-9-5-3-4-8(11)6-9/h3-6,13H,1-2H3. The van der Waals surface area contributed by atoms with Crippen LogP contribution in [0.15, 0.2) is 24.3 Å². The molecule has 0 saturated heterocycles. The predicted molar refractivity (Wildman–Crippen MR) is 49.7 cm³/mol. The molecule has 1 N–H and O–H groups in total. The summed E-state index contributed by atoms with van der Waals surface area (Å²) in [7, 11) is 0. The Bertz CT molecular complexity index is 339. The van der Waals surface area contributed by atoms with E-state index >= 15 is 0 Å². The molecule has 3 heteroatoms. The second-order valence-corrected chi connectivity index (χ2v) is 3.37. The normalized spacial score (nSPS) is 10.6. The van der Waals surface area contributed by atoms with Crippen molar-refractivity contribution in [2.24, 2.45) is 0 Å². The average molecular weight is 178 g/mol. The fourth-order valence-electron chi connectivity index (χ4n) is 0.955. The van der Waals surface area contributed by atoms with Gasteiger partial charge in [0, 0.05) is 5.69 Å². The van der Waals surface area contributed by atoms with Gasteiger partial charge in [0.25, 0.3) is 0 Å². The van der Waals surface area contributed by atoms with Crippen molar-refractivity contribution in [1.29, 1.82) is 5.26 Å². The molecule has 0 heterocycles. The van der Waals surface area contributed by atoms with Gasteiger partial charge >= 0.3 is 0 Å². The number of rotatable bonds is 2. The van der Waals surface area contributed by atoms with Crippen LogP contribution in [0.5, 0.6) is 0 Å². The van der Waals surface area contributed by atoms with Gasteiger partial charge in [0.05, 0.1) is 6.07 Å². The maximum absolute atomic E-state index is 12.7. The van der Waals surface area contributed by atoms with Crippen LogP contribution in [0.25, 0.3) is 0 Å². The van der Waals surface area contributed by atoms with Crippen LogP contribution in [0.3, 0.4) is 0 Å². The van der Waals surface area contributed by atoms with E-state index in [4.69, 9.17) is 5.26 Å². The molecular weight excluding hydrogens is 167 g/mol. The lowest BCUT2D eigenvalue weighted by Gasteiger charge is -2.18. The van der Waals surface area contributed by atoms with Crippen LogP contribution in [0.4, 0.5) is 10.1 Å². The molecule has 0 bridgehead atoms. The topological polar surface area (TPSA) is 35.8 Å².